The minimum atomic E-state index is 0. The van der Waals surface area contributed by atoms with Crippen LogP contribution in [0.4, 0.5) is 0 Å². The van der Waals surface area contributed by atoms with Crippen molar-refractivity contribution in [2.75, 3.05) is 0 Å². The van der Waals surface area contributed by atoms with E-state index in [9.17, 15) is 0 Å². The Hall–Kier alpha value is -1.29. The van der Waals surface area contributed by atoms with Crippen molar-refractivity contribution in [2.24, 2.45) is 0 Å². The smallest absolute Gasteiger partial charge is 0.0980 e. The van der Waals surface area contributed by atoms with Crippen LogP contribution in [0.25, 0.3) is 22.6 Å². The van der Waals surface area contributed by atoms with Gasteiger partial charge in [-0.3, -0.25) is 15.0 Å². The van der Waals surface area contributed by atoms with Gasteiger partial charge in [0.25, 0.3) is 0 Å². The van der Waals surface area contributed by atoms with Gasteiger partial charge in [-0.1, -0.05) is 12.1 Å². The van der Waals surface area contributed by atoms with Crippen LogP contribution < -0.4 is 0 Å². The van der Waals surface area contributed by atoms with Gasteiger partial charge in [0.05, 0.1) is 17.1 Å². The van der Waals surface area contributed by atoms with Crippen molar-refractivity contribution in [3.8, 4) is 22.6 Å². The first-order valence-corrected chi connectivity index (χ1v) is 5.73. The molecule has 0 aliphatic heterocycles. The molecule has 3 nitrogen and oxygen atoms in total. The first-order chi connectivity index (χ1) is 8.95. The molecule has 3 aromatic heterocycles. The van der Waals surface area contributed by atoms with Crippen LogP contribution in [-0.2, 0) is 0 Å². The number of hydrogen-bond donors (Lipinski definition) is 0. The Labute approximate surface area is 141 Å². The first-order valence-electron chi connectivity index (χ1n) is 5.73. The normalized spacial score (nSPS) is 9.68. The van der Waals surface area contributed by atoms with Gasteiger partial charge >= 0.3 is 37.7 Å². The van der Waals surface area contributed by atoms with Crippen LogP contribution in [0, 0.1) is 0 Å². The minimum absolute atomic E-state index is 0. The molecule has 0 spiro atoms. The van der Waals surface area contributed by atoms with Crippen molar-refractivity contribution < 1.29 is 0 Å². The SMILES string of the molecule is [CaH2].c1ccc(-c2cccnc2-c2ccccn2)nc1. The molecule has 3 aromatic rings. The molecule has 0 radical (unpaired) electrons. The van der Waals surface area contributed by atoms with Gasteiger partial charge in [0.15, 0.2) is 0 Å². The Morgan fingerprint density at radius 1 is 0.579 bits per heavy atom. The molecule has 0 aliphatic rings. The van der Waals surface area contributed by atoms with Crippen molar-refractivity contribution in [3.63, 3.8) is 0 Å². The number of hydrogen-bond acceptors (Lipinski definition) is 3. The van der Waals surface area contributed by atoms with Gasteiger partial charge in [0.1, 0.15) is 0 Å². The molecule has 0 amide bonds. The van der Waals surface area contributed by atoms with Gasteiger partial charge < -0.3 is 0 Å². The zero-order valence-corrected chi connectivity index (χ0v) is 9.69. The second kappa shape index (κ2) is 6.75. The summed E-state index contributed by atoms with van der Waals surface area (Å²) in [4.78, 5) is 13.1. The predicted molar refractivity (Wildman–Crippen MR) is 79.2 cm³/mol. The van der Waals surface area contributed by atoms with E-state index in [1.54, 1.807) is 18.6 Å². The van der Waals surface area contributed by atoms with E-state index in [1.807, 2.05) is 48.5 Å². The van der Waals surface area contributed by atoms with Gasteiger partial charge in [0, 0.05) is 24.2 Å². The average Bonchev–Trinajstić information content (AvgIpc) is 2.49. The second-order valence-corrected chi connectivity index (χ2v) is 3.83. The third-order valence-corrected chi connectivity index (χ3v) is 2.66. The summed E-state index contributed by atoms with van der Waals surface area (Å²) in [5.41, 5.74) is 3.62. The van der Waals surface area contributed by atoms with Crippen LogP contribution in [0.1, 0.15) is 0 Å². The first kappa shape index (κ1) is 14.1. The summed E-state index contributed by atoms with van der Waals surface area (Å²) in [6.07, 6.45) is 5.33. The van der Waals surface area contributed by atoms with Crippen LogP contribution in [0.5, 0.6) is 0 Å². The summed E-state index contributed by atoms with van der Waals surface area (Å²) in [7, 11) is 0. The molecule has 0 N–H and O–H groups in total. The van der Waals surface area contributed by atoms with E-state index in [4.69, 9.17) is 0 Å². The van der Waals surface area contributed by atoms with Crippen LogP contribution in [0.2, 0.25) is 0 Å². The second-order valence-electron chi connectivity index (χ2n) is 3.83. The molecular formula is C15H13CaN3. The van der Waals surface area contributed by atoms with E-state index >= 15 is 0 Å². The van der Waals surface area contributed by atoms with Crippen molar-refractivity contribution in [1.82, 2.24) is 15.0 Å². The van der Waals surface area contributed by atoms with Gasteiger partial charge in [-0.2, -0.15) is 0 Å². The zero-order valence-electron chi connectivity index (χ0n) is 9.69. The maximum atomic E-state index is 4.42. The molecule has 3 rings (SSSR count). The minimum Gasteiger partial charge on any atom is -0.256 e. The van der Waals surface area contributed by atoms with E-state index in [2.05, 4.69) is 15.0 Å². The third-order valence-electron chi connectivity index (χ3n) is 2.66. The van der Waals surface area contributed by atoms with Gasteiger partial charge in [-0.05, 0) is 36.4 Å². The van der Waals surface area contributed by atoms with Gasteiger partial charge in [-0.15, -0.1) is 0 Å². The third kappa shape index (κ3) is 3.18. The largest absolute Gasteiger partial charge is 0.256 e. The number of aromatic nitrogens is 3. The zero-order chi connectivity index (χ0) is 12.2. The molecule has 0 aromatic carbocycles. The van der Waals surface area contributed by atoms with Gasteiger partial charge in [0.2, 0.25) is 0 Å². The van der Waals surface area contributed by atoms with E-state index in [-0.39, 0.29) is 37.7 Å². The van der Waals surface area contributed by atoms with E-state index in [1.165, 1.54) is 0 Å². The standard InChI is InChI=1S/C15H11N3.Ca.2H/c1-3-9-16-13(7-1)12-6-5-11-18-15(12)14-8-2-4-10-17-14;;;/h1-11H;;;. The summed E-state index contributed by atoms with van der Waals surface area (Å²) in [6, 6.07) is 15.6. The summed E-state index contributed by atoms with van der Waals surface area (Å²) >= 11 is 0. The van der Waals surface area contributed by atoms with Crippen molar-refractivity contribution in [3.05, 3.63) is 67.1 Å². The number of rotatable bonds is 2. The van der Waals surface area contributed by atoms with E-state index in [0.717, 1.165) is 22.6 Å². The van der Waals surface area contributed by atoms with Crippen molar-refractivity contribution >= 4 is 37.7 Å². The maximum absolute atomic E-state index is 4.42. The molecule has 4 heteroatoms. The van der Waals surface area contributed by atoms with Crippen LogP contribution >= 0.6 is 0 Å². The van der Waals surface area contributed by atoms with Gasteiger partial charge in [-0.25, -0.2) is 0 Å². The molecule has 90 valence electrons. The molecule has 0 bridgehead atoms. The molecule has 0 fully saturated rings. The van der Waals surface area contributed by atoms with E-state index in [0.29, 0.717) is 0 Å². The summed E-state index contributed by atoms with van der Waals surface area (Å²) in [5, 5.41) is 0. The molecule has 19 heavy (non-hydrogen) atoms. The molecular weight excluding hydrogens is 262 g/mol. The molecule has 0 saturated heterocycles. The monoisotopic (exact) mass is 275 g/mol. The fraction of sp³-hybridized carbons (Fsp3) is 0. The molecule has 0 atom stereocenters. The fourth-order valence-electron chi connectivity index (χ4n) is 1.84. The summed E-state index contributed by atoms with van der Waals surface area (Å²) in [6.45, 7) is 0. The van der Waals surface area contributed by atoms with Crippen LogP contribution in [0.3, 0.4) is 0 Å². The Bertz CT molecular complexity index is 583. The maximum Gasteiger partial charge on any atom is 0.0980 e. The summed E-state index contributed by atoms with van der Waals surface area (Å²) < 4.78 is 0. The molecule has 0 saturated carbocycles. The Morgan fingerprint density at radius 3 is 1.84 bits per heavy atom. The number of pyridine rings is 3. The van der Waals surface area contributed by atoms with Crippen LogP contribution in [0.15, 0.2) is 67.1 Å². The van der Waals surface area contributed by atoms with Crippen molar-refractivity contribution in [1.29, 1.82) is 0 Å². The number of nitrogens with zero attached hydrogens (tertiary/aromatic N) is 3. The average molecular weight is 275 g/mol. The Balaban J connectivity index is 0.00000133. The van der Waals surface area contributed by atoms with Crippen molar-refractivity contribution in [2.45, 2.75) is 0 Å². The van der Waals surface area contributed by atoms with E-state index < -0.39 is 0 Å². The quantitative estimate of drug-likeness (QED) is 0.674. The Morgan fingerprint density at radius 2 is 1.21 bits per heavy atom. The molecule has 3 heterocycles. The predicted octanol–water partition coefficient (Wildman–Crippen LogP) is 2.29. The summed E-state index contributed by atoms with van der Waals surface area (Å²) in [5.74, 6) is 0. The van der Waals surface area contributed by atoms with Crippen LogP contribution in [-0.4, -0.2) is 52.7 Å². The molecule has 0 aliphatic carbocycles. The molecule has 0 unspecified atom stereocenters. The topological polar surface area (TPSA) is 38.7 Å². The fourth-order valence-corrected chi connectivity index (χ4v) is 1.84. The Kier molecular flexibility index (Phi) is 5.02.